The van der Waals surface area contributed by atoms with E-state index in [0.29, 0.717) is 16.7 Å². The van der Waals surface area contributed by atoms with Gasteiger partial charge < -0.3 is 18.9 Å². The lowest BCUT2D eigenvalue weighted by atomic mass is 9.93. The molecule has 2 aliphatic rings. The second kappa shape index (κ2) is 8.51. The molecular formula is C23H20O7. The van der Waals surface area contributed by atoms with Crippen molar-refractivity contribution < 1.29 is 33.3 Å². The molecule has 0 bridgehead atoms. The number of carbonyl (C=O) groups is 3. The highest BCUT2D eigenvalue weighted by Crippen LogP contribution is 2.39. The fourth-order valence-electron chi connectivity index (χ4n) is 3.38. The number of hydrogen-bond acceptors (Lipinski definition) is 7. The third-order valence-electron chi connectivity index (χ3n) is 4.85. The average Bonchev–Trinajstić information content (AvgIpc) is 3.54. The normalized spacial score (nSPS) is 24.1. The number of hydrogen-bond donors (Lipinski definition) is 0. The van der Waals surface area contributed by atoms with E-state index >= 15 is 0 Å². The Balaban J connectivity index is 1.49. The summed E-state index contributed by atoms with van der Waals surface area (Å²) in [7, 11) is 0. The molecule has 0 amide bonds. The summed E-state index contributed by atoms with van der Waals surface area (Å²) >= 11 is 0. The summed E-state index contributed by atoms with van der Waals surface area (Å²) in [6.45, 7) is 1.15. The fourth-order valence-corrected chi connectivity index (χ4v) is 3.38. The van der Waals surface area contributed by atoms with E-state index in [4.69, 9.17) is 18.9 Å². The molecule has 4 rings (SSSR count). The number of ether oxygens (including phenoxy) is 4. The van der Waals surface area contributed by atoms with E-state index in [9.17, 15) is 14.4 Å². The summed E-state index contributed by atoms with van der Waals surface area (Å²) in [5.41, 5.74) is 1.30. The second-order valence-electron chi connectivity index (χ2n) is 7.02. The Morgan fingerprint density at radius 1 is 0.867 bits per heavy atom. The van der Waals surface area contributed by atoms with Gasteiger partial charge in [-0.3, -0.25) is 4.79 Å². The van der Waals surface area contributed by atoms with Crippen molar-refractivity contribution in [3.63, 3.8) is 0 Å². The highest BCUT2D eigenvalue weighted by Gasteiger charge is 2.55. The molecule has 7 heteroatoms. The van der Waals surface area contributed by atoms with Crippen molar-refractivity contribution in [2.75, 3.05) is 6.61 Å². The van der Waals surface area contributed by atoms with Crippen LogP contribution in [-0.2, 0) is 23.7 Å². The molecule has 0 N–H and O–H groups in total. The standard InChI is InChI=1S/C23H20O7/c1-14(24)28-19-17(13-27-22(25)15-8-4-2-5-9-15)12-18-20(29-18)21(19)30-23(26)16-10-6-3-7-11-16/h2-12,18-21H,13H2,1H3/t18-,19-,20-,21+/m1/s1. The first-order chi connectivity index (χ1) is 14.5. The third-order valence-corrected chi connectivity index (χ3v) is 4.85. The zero-order chi connectivity index (χ0) is 21.1. The molecule has 0 saturated carbocycles. The highest BCUT2D eigenvalue weighted by molar-refractivity contribution is 5.90. The number of fused-ring (bicyclic) bond motifs is 1. The Hall–Kier alpha value is -3.45. The van der Waals surface area contributed by atoms with E-state index in [1.807, 2.05) is 0 Å². The lowest BCUT2D eigenvalue weighted by Gasteiger charge is -2.29. The zero-order valence-corrected chi connectivity index (χ0v) is 16.2. The number of carbonyl (C=O) groups excluding carboxylic acids is 3. The van der Waals surface area contributed by atoms with Crippen LogP contribution in [0.2, 0.25) is 0 Å². The monoisotopic (exact) mass is 408 g/mol. The average molecular weight is 408 g/mol. The maximum atomic E-state index is 12.5. The van der Waals surface area contributed by atoms with Crippen molar-refractivity contribution in [2.45, 2.75) is 31.3 Å². The van der Waals surface area contributed by atoms with Gasteiger partial charge in [0, 0.05) is 12.5 Å². The number of epoxide rings is 1. The predicted molar refractivity (Wildman–Crippen MR) is 105 cm³/mol. The molecule has 4 atom stereocenters. The molecule has 1 aliphatic carbocycles. The first-order valence-corrected chi connectivity index (χ1v) is 9.54. The van der Waals surface area contributed by atoms with Gasteiger partial charge in [-0.25, -0.2) is 9.59 Å². The third kappa shape index (κ3) is 4.41. The van der Waals surface area contributed by atoms with Crippen molar-refractivity contribution in [2.24, 2.45) is 0 Å². The first-order valence-electron chi connectivity index (χ1n) is 9.54. The smallest absolute Gasteiger partial charge is 0.338 e. The van der Waals surface area contributed by atoms with Gasteiger partial charge in [0.05, 0.1) is 11.1 Å². The van der Waals surface area contributed by atoms with Gasteiger partial charge in [-0.05, 0) is 30.3 Å². The van der Waals surface area contributed by atoms with Crippen molar-refractivity contribution in [1.29, 1.82) is 0 Å². The van der Waals surface area contributed by atoms with Crippen LogP contribution in [-0.4, -0.2) is 48.9 Å². The van der Waals surface area contributed by atoms with Crippen molar-refractivity contribution in [1.82, 2.24) is 0 Å². The van der Waals surface area contributed by atoms with Crippen LogP contribution in [0.3, 0.4) is 0 Å². The SMILES string of the molecule is CC(=O)O[C@@H]1C(COC(=O)c2ccccc2)=C[C@H]2O[C@H]2[C@H]1OC(=O)c1ccccc1. The Morgan fingerprint density at radius 2 is 1.47 bits per heavy atom. The van der Waals surface area contributed by atoms with E-state index in [0.717, 1.165) is 0 Å². The van der Waals surface area contributed by atoms with Gasteiger partial charge in [-0.15, -0.1) is 0 Å². The molecule has 0 spiro atoms. The minimum atomic E-state index is -0.900. The summed E-state index contributed by atoms with van der Waals surface area (Å²) in [5, 5.41) is 0. The molecule has 1 heterocycles. The maximum Gasteiger partial charge on any atom is 0.338 e. The van der Waals surface area contributed by atoms with Crippen LogP contribution in [0.25, 0.3) is 0 Å². The Kier molecular flexibility index (Phi) is 5.63. The Bertz CT molecular complexity index is 968. The molecule has 7 nitrogen and oxygen atoms in total. The van der Waals surface area contributed by atoms with Crippen LogP contribution in [0.15, 0.2) is 72.3 Å². The Morgan fingerprint density at radius 3 is 2.07 bits per heavy atom. The van der Waals surface area contributed by atoms with Crippen LogP contribution in [0.5, 0.6) is 0 Å². The van der Waals surface area contributed by atoms with E-state index in [1.165, 1.54) is 6.92 Å². The molecule has 0 radical (unpaired) electrons. The van der Waals surface area contributed by atoms with Gasteiger partial charge in [0.1, 0.15) is 18.8 Å². The summed E-state index contributed by atoms with van der Waals surface area (Å²) in [4.78, 5) is 36.5. The van der Waals surface area contributed by atoms with Crippen molar-refractivity contribution >= 4 is 17.9 Å². The molecule has 1 saturated heterocycles. The quantitative estimate of drug-likeness (QED) is 0.314. The largest absolute Gasteiger partial charge is 0.457 e. The maximum absolute atomic E-state index is 12.5. The van der Waals surface area contributed by atoms with Gasteiger partial charge in [-0.1, -0.05) is 36.4 Å². The summed E-state index contributed by atoms with van der Waals surface area (Å²) in [6.07, 6.45) is -0.667. The van der Waals surface area contributed by atoms with E-state index in [1.54, 1.807) is 66.7 Å². The molecular weight excluding hydrogens is 388 g/mol. The molecule has 1 aliphatic heterocycles. The highest BCUT2D eigenvalue weighted by atomic mass is 16.6. The van der Waals surface area contributed by atoms with E-state index in [-0.39, 0.29) is 12.7 Å². The van der Waals surface area contributed by atoms with Crippen molar-refractivity contribution in [3.8, 4) is 0 Å². The van der Waals surface area contributed by atoms with Gasteiger partial charge in [0.15, 0.2) is 12.2 Å². The van der Waals surface area contributed by atoms with Crippen LogP contribution >= 0.6 is 0 Å². The molecule has 30 heavy (non-hydrogen) atoms. The lowest BCUT2D eigenvalue weighted by Crippen LogP contribution is -2.44. The van der Waals surface area contributed by atoms with Crippen LogP contribution in [0, 0.1) is 0 Å². The molecule has 1 fully saturated rings. The van der Waals surface area contributed by atoms with Crippen LogP contribution in [0.1, 0.15) is 27.6 Å². The van der Waals surface area contributed by atoms with E-state index in [2.05, 4.69) is 0 Å². The van der Waals surface area contributed by atoms with Gasteiger partial charge in [0.25, 0.3) is 0 Å². The van der Waals surface area contributed by atoms with E-state index < -0.39 is 36.2 Å². The van der Waals surface area contributed by atoms with Gasteiger partial charge >= 0.3 is 17.9 Å². The minimum absolute atomic E-state index is 0.113. The number of benzene rings is 2. The number of rotatable bonds is 6. The van der Waals surface area contributed by atoms with Gasteiger partial charge in [-0.2, -0.15) is 0 Å². The fraction of sp³-hybridized carbons (Fsp3) is 0.261. The molecule has 0 unspecified atom stereocenters. The topological polar surface area (TPSA) is 91.4 Å². The minimum Gasteiger partial charge on any atom is -0.457 e. The zero-order valence-electron chi connectivity index (χ0n) is 16.2. The second-order valence-corrected chi connectivity index (χ2v) is 7.02. The molecule has 154 valence electrons. The van der Waals surface area contributed by atoms with Crippen molar-refractivity contribution in [3.05, 3.63) is 83.4 Å². The summed E-state index contributed by atoms with van der Waals surface area (Å²) in [6, 6.07) is 17.1. The Labute approximate surface area is 173 Å². The summed E-state index contributed by atoms with van der Waals surface area (Å²) in [5.74, 6) is -1.59. The van der Waals surface area contributed by atoms with Crippen LogP contribution < -0.4 is 0 Å². The number of esters is 3. The summed E-state index contributed by atoms with van der Waals surface area (Å²) < 4.78 is 22.0. The predicted octanol–water partition coefficient (Wildman–Crippen LogP) is 2.71. The van der Waals surface area contributed by atoms with Crippen LogP contribution in [0.4, 0.5) is 0 Å². The lowest BCUT2D eigenvalue weighted by molar-refractivity contribution is -0.151. The molecule has 2 aromatic carbocycles. The van der Waals surface area contributed by atoms with Gasteiger partial charge in [0.2, 0.25) is 0 Å². The molecule has 0 aromatic heterocycles. The first kappa shape index (κ1) is 19.8. The molecule has 2 aromatic rings.